The van der Waals surface area contributed by atoms with E-state index in [-0.39, 0.29) is 17.3 Å². The number of carbonyl (C=O) groups excluding carboxylic acids is 2. The molecule has 1 N–H and O–H groups in total. The fourth-order valence-corrected chi connectivity index (χ4v) is 5.72. The Morgan fingerprint density at radius 3 is 2.43 bits per heavy atom. The van der Waals surface area contributed by atoms with Gasteiger partial charge in [-0.25, -0.2) is 9.37 Å². The molecule has 0 aliphatic carbocycles. The molecule has 42 heavy (non-hydrogen) atoms. The highest BCUT2D eigenvalue weighted by molar-refractivity contribution is 8.00. The van der Waals surface area contributed by atoms with Crippen LogP contribution in [0.2, 0.25) is 0 Å². The molecule has 2 heterocycles. The number of rotatable bonds is 9. The monoisotopic (exact) mass is 589 g/mol. The predicted molar refractivity (Wildman–Crippen MR) is 168 cm³/mol. The van der Waals surface area contributed by atoms with E-state index in [1.54, 1.807) is 66.8 Å². The third-order valence-corrected chi connectivity index (χ3v) is 8.26. The van der Waals surface area contributed by atoms with Gasteiger partial charge < -0.3 is 5.32 Å². The fraction of sp³-hybridized carbons (Fsp3) is 0.0588. The minimum Gasteiger partial charge on any atom is -0.325 e. The van der Waals surface area contributed by atoms with Crippen LogP contribution in [0.5, 0.6) is 0 Å². The molecule has 1 unspecified atom stereocenters. The number of allylic oxidation sites excluding steroid dienone is 1. The summed E-state index contributed by atoms with van der Waals surface area (Å²) >= 11 is 2.70. The maximum Gasteiger partial charge on any atom is 0.237 e. The van der Waals surface area contributed by atoms with Crippen molar-refractivity contribution in [3.05, 3.63) is 130 Å². The van der Waals surface area contributed by atoms with Crippen LogP contribution in [0.3, 0.4) is 0 Å². The molecule has 0 saturated heterocycles. The summed E-state index contributed by atoms with van der Waals surface area (Å²) < 4.78 is 14.1. The number of nitrogens with one attached hydrogen (secondary N) is 1. The van der Waals surface area contributed by atoms with Gasteiger partial charge in [0, 0.05) is 27.3 Å². The third kappa shape index (κ3) is 6.89. The Hall–Kier alpha value is -4.84. The summed E-state index contributed by atoms with van der Waals surface area (Å²) in [5.74, 6) is -0.838. The van der Waals surface area contributed by atoms with Gasteiger partial charge in [0.2, 0.25) is 5.91 Å². The van der Waals surface area contributed by atoms with Crippen molar-refractivity contribution in [1.29, 1.82) is 5.26 Å². The topological polar surface area (TPSA) is 82.8 Å². The van der Waals surface area contributed by atoms with Crippen LogP contribution < -0.4 is 5.32 Å². The zero-order chi connectivity index (χ0) is 29.5. The molecule has 0 saturated carbocycles. The molecular weight excluding hydrogens is 566 g/mol. The lowest BCUT2D eigenvalue weighted by atomic mass is 9.99. The van der Waals surface area contributed by atoms with Crippen molar-refractivity contribution < 1.29 is 14.0 Å². The average molecular weight is 590 g/mol. The van der Waals surface area contributed by atoms with Crippen LogP contribution in [-0.2, 0) is 4.79 Å². The van der Waals surface area contributed by atoms with Crippen LogP contribution in [-0.4, -0.2) is 21.9 Å². The van der Waals surface area contributed by atoms with Gasteiger partial charge in [0.25, 0.3) is 0 Å². The van der Waals surface area contributed by atoms with Crippen LogP contribution in [0.4, 0.5) is 10.1 Å². The van der Waals surface area contributed by atoms with Crippen molar-refractivity contribution in [2.45, 2.75) is 17.2 Å². The van der Waals surface area contributed by atoms with E-state index in [1.807, 2.05) is 47.8 Å². The first-order valence-corrected chi connectivity index (χ1v) is 14.8. The van der Waals surface area contributed by atoms with Gasteiger partial charge in [0.1, 0.15) is 16.9 Å². The number of benzene rings is 3. The summed E-state index contributed by atoms with van der Waals surface area (Å²) in [5, 5.41) is 14.7. The Balaban J connectivity index is 1.36. The van der Waals surface area contributed by atoms with Crippen molar-refractivity contribution in [2.75, 3.05) is 5.32 Å². The highest BCUT2D eigenvalue weighted by atomic mass is 32.2. The molecule has 5 aromatic rings. The lowest BCUT2D eigenvalue weighted by Crippen LogP contribution is -2.22. The highest BCUT2D eigenvalue weighted by Gasteiger charge is 2.22. The Bertz CT molecular complexity index is 1800. The summed E-state index contributed by atoms with van der Waals surface area (Å²) in [4.78, 5) is 31.4. The SMILES string of the molecule is CC(Sc1nc(-c2ccccc2)cc(-c2cccc(F)c2)c1C#N)C(=O)Nc1ccc(C(=O)C=Cc2cccs2)cc1. The molecular formula is C34H24FN3O2S2. The maximum atomic E-state index is 14.1. The zero-order valence-electron chi connectivity index (χ0n) is 22.5. The summed E-state index contributed by atoms with van der Waals surface area (Å²) in [7, 11) is 0. The molecule has 0 fully saturated rings. The molecule has 8 heteroatoms. The Labute approximate surface area is 251 Å². The molecule has 0 aliphatic heterocycles. The summed E-state index contributed by atoms with van der Waals surface area (Å²) in [6.45, 7) is 1.73. The van der Waals surface area contributed by atoms with E-state index in [1.165, 1.54) is 18.2 Å². The normalized spacial score (nSPS) is 11.6. The van der Waals surface area contributed by atoms with Crippen molar-refractivity contribution in [1.82, 2.24) is 4.98 Å². The number of thiophene rings is 1. The number of aromatic nitrogens is 1. The van der Waals surface area contributed by atoms with E-state index >= 15 is 0 Å². The number of hydrogen-bond acceptors (Lipinski definition) is 6. The van der Waals surface area contributed by atoms with Crippen molar-refractivity contribution in [3.63, 3.8) is 0 Å². The number of nitrogens with zero attached hydrogens (tertiary/aromatic N) is 2. The second-order valence-electron chi connectivity index (χ2n) is 9.26. The van der Waals surface area contributed by atoms with E-state index in [9.17, 15) is 19.2 Å². The zero-order valence-corrected chi connectivity index (χ0v) is 24.1. The summed E-state index contributed by atoms with van der Waals surface area (Å²) in [6.07, 6.45) is 3.30. The summed E-state index contributed by atoms with van der Waals surface area (Å²) in [6, 6.07) is 30.1. The Morgan fingerprint density at radius 2 is 1.74 bits per heavy atom. The van der Waals surface area contributed by atoms with E-state index in [2.05, 4.69) is 11.4 Å². The number of amides is 1. The van der Waals surface area contributed by atoms with Crippen LogP contribution in [0.1, 0.15) is 27.7 Å². The third-order valence-electron chi connectivity index (χ3n) is 6.34. The van der Waals surface area contributed by atoms with E-state index < -0.39 is 11.1 Å². The molecule has 2 aromatic heterocycles. The number of hydrogen-bond donors (Lipinski definition) is 1. The van der Waals surface area contributed by atoms with Crippen molar-refractivity contribution >= 4 is 46.6 Å². The molecule has 0 spiro atoms. The van der Waals surface area contributed by atoms with Gasteiger partial charge in [0.05, 0.1) is 16.5 Å². The van der Waals surface area contributed by atoms with Gasteiger partial charge in [-0.2, -0.15) is 5.26 Å². The van der Waals surface area contributed by atoms with Crippen LogP contribution in [0.25, 0.3) is 28.5 Å². The van der Waals surface area contributed by atoms with Crippen LogP contribution in [0, 0.1) is 17.1 Å². The predicted octanol–water partition coefficient (Wildman–Crippen LogP) is 8.50. The van der Waals surface area contributed by atoms with Gasteiger partial charge in [-0.1, -0.05) is 60.3 Å². The van der Waals surface area contributed by atoms with Gasteiger partial charge in [-0.05, 0) is 78.6 Å². The van der Waals surface area contributed by atoms with E-state index in [0.29, 0.717) is 33.1 Å². The molecule has 206 valence electrons. The smallest absolute Gasteiger partial charge is 0.237 e. The maximum absolute atomic E-state index is 14.1. The van der Waals surface area contributed by atoms with Gasteiger partial charge in [0.15, 0.2) is 5.78 Å². The van der Waals surface area contributed by atoms with Crippen molar-refractivity contribution in [2.24, 2.45) is 0 Å². The lowest BCUT2D eigenvalue weighted by Gasteiger charge is -2.16. The number of thioether (sulfide) groups is 1. The molecule has 5 nitrogen and oxygen atoms in total. The highest BCUT2D eigenvalue weighted by Crippen LogP contribution is 2.36. The second kappa shape index (κ2) is 13.2. The molecule has 0 radical (unpaired) electrons. The number of anilines is 1. The second-order valence-corrected chi connectivity index (χ2v) is 11.6. The number of halogens is 1. The first-order valence-electron chi connectivity index (χ1n) is 13.0. The van der Waals surface area contributed by atoms with Crippen molar-refractivity contribution in [3.8, 4) is 28.5 Å². The van der Waals surface area contributed by atoms with Gasteiger partial charge in [-0.15, -0.1) is 11.3 Å². The standard InChI is InChI=1S/C34H24FN3O2S2/c1-22(33(40)37-27-14-12-24(13-15-27)32(39)17-16-28-11-6-18-41-28)42-34-30(21-36)29(25-9-5-10-26(35)19-25)20-31(38-34)23-7-3-2-4-8-23/h2-20,22H,1H3,(H,37,40). The molecule has 0 aliphatic rings. The average Bonchev–Trinajstić information content (AvgIpc) is 3.54. The number of carbonyl (C=O) groups is 2. The number of nitriles is 1. The van der Waals surface area contributed by atoms with E-state index in [0.717, 1.165) is 22.2 Å². The Kier molecular flexibility index (Phi) is 9.02. The quantitative estimate of drug-likeness (QED) is 0.106. The summed E-state index contributed by atoms with van der Waals surface area (Å²) in [5.41, 5.74) is 3.84. The largest absolute Gasteiger partial charge is 0.325 e. The lowest BCUT2D eigenvalue weighted by molar-refractivity contribution is -0.115. The van der Waals surface area contributed by atoms with Gasteiger partial charge in [-0.3, -0.25) is 9.59 Å². The minimum absolute atomic E-state index is 0.132. The molecule has 3 aromatic carbocycles. The first kappa shape index (κ1) is 28.7. The molecule has 1 amide bonds. The van der Waals surface area contributed by atoms with Crippen LogP contribution >= 0.6 is 23.1 Å². The minimum atomic E-state index is -0.619. The number of ketones is 1. The fourth-order valence-electron chi connectivity index (χ4n) is 4.18. The van der Waals surface area contributed by atoms with Gasteiger partial charge >= 0.3 is 0 Å². The van der Waals surface area contributed by atoms with E-state index in [4.69, 9.17) is 4.98 Å². The first-order chi connectivity index (χ1) is 20.4. The van der Waals surface area contributed by atoms with Crippen LogP contribution in [0.15, 0.2) is 114 Å². The number of pyridine rings is 1. The molecule has 1 atom stereocenters. The molecule has 5 rings (SSSR count). The Morgan fingerprint density at radius 1 is 0.976 bits per heavy atom. The molecule has 0 bridgehead atoms.